The minimum absolute atomic E-state index is 0.325. The zero-order valence-electron chi connectivity index (χ0n) is 7.16. The fourth-order valence-electron chi connectivity index (χ4n) is 0.721. The Hall–Kier alpha value is -0.700. The van der Waals surface area contributed by atoms with E-state index >= 15 is 0 Å². The number of hydrogen-bond donors (Lipinski definition) is 0. The average Bonchev–Trinajstić information content (AvgIpc) is 2.01. The van der Waals surface area contributed by atoms with Crippen LogP contribution in [0.25, 0.3) is 0 Å². The molecule has 0 aliphatic rings. The SMILES string of the molecule is CC(C)/N=C/c1cccc(Br)n1. The van der Waals surface area contributed by atoms with Crippen molar-refractivity contribution in [1.29, 1.82) is 0 Å². The molecule has 0 saturated heterocycles. The second kappa shape index (κ2) is 4.36. The Morgan fingerprint density at radius 3 is 2.83 bits per heavy atom. The van der Waals surface area contributed by atoms with E-state index in [1.54, 1.807) is 6.21 Å². The van der Waals surface area contributed by atoms with Crippen molar-refractivity contribution in [3.8, 4) is 0 Å². The molecule has 3 heteroatoms. The van der Waals surface area contributed by atoms with Gasteiger partial charge in [0.2, 0.25) is 0 Å². The van der Waals surface area contributed by atoms with Crippen LogP contribution in [-0.4, -0.2) is 17.2 Å². The maximum absolute atomic E-state index is 4.23. The summed E-state index contributed by atoms with van der Waals surface area (Å²) < 4.78 is 0.843. The van der Waals surface area contributed by atoms with E-state index in [-0.39, 0.29) is 0 Å². The summed E-state index contributed by atoms with van der Waals surface area (Å²) in [6.07, 6.45) is 1.79. The molecule has 12 heavy (non-hydrogen) atoms. The van der Waals surface area contributed by atoms with Gasteiger partial charge in [-0.2, -0.15) is 0 Å². The van der Waals surface area contributed by atoms with Gasteiger partial charge in [-0.25, -0.2) is 4.98 Å². The van der Waals surface area contributed by atoms with Crippen LogP contribution in [-0.2, 0) is 0 Å². The predicted molar refractivity (Wildman–Crippen MR) is 54.7 cm³/mol. The molecule has 1 aromatic heterocycles. The predicted octanol–water partition coefficient (Wildman–Crippen LogP) is 2.67. The molecule has 0 aromatic carbocycles. The zero-order valence-corrected chi connectivity index (χ0v) is 8.75. The molecule has 0 unspecified atom stereocenters. The Kier molecular flexibility index (Phi) is 3.41. The lowest BCUT2D eigenvalue weighted by atomic mass is 10.3. The highest BCUT2D eigenvalue weighted by atomic mass is 79.9. The van der Waals surface area contributed by atoms with E-state index < -0.39 is 0 Å². The highest BCUT2D eigenvalue weighted by molar-refractivity contribution is 9.10. The van der Waals surface area contributed by atoms with Crippen LogP contribution in [0.15, 0.2) is 27.8 Å². The summed E-state index contributed by atoms with van der Waals surface area (Å²) in [6.45, 7) is 4.07. The second-order valence-electron chi connectivity index (χ2n) is 2.76. The molecule has 1 heterocycles. The molecule has 0 spiro atoms. The van der Waals surface area contributed by atoms with Gasteiger partial charge in [0.25, 0.3) is 0 Å². The van der Waals surface area contributed by atoms with Crippen LogP contribution in [0.4, 0.5) is 0 Å². The third kappa shape index (κ3) is 3.13. The third-order valence-corrected chi connectivity index (χ3v) is 1.68. The van der Waals surface area contributed by atoms with Crippen molar-refractivity contribution in [3.05, 3.63) is 28.5 Å². The molecule has 0 aliphatic carbocycles. The van der Waals surface area contributed by atoms with Crippen LogP contribution < -0.4 is 0 Å². The van der Waals surface area contributed by atoms with Crippen molar-refractivity contribution in [2.75, 3.05) is 0 Å². The Morgan fingerprint density at radius 1 is 1.50 bits per heavy atom. The first kappa shape index (κ1) is 9.39. The van der Waals surface area contributed by atoms with Crippen LogP contribution >= 0.6 is 15.9 Å². The number of aromatic nitrogens is 1. The molecule has 1 aromatic rings. The summed E-state index contributed by atoms with van der Waals surface area (Å²) >= 11 is 3.30. The number of aliphatic imine (C=N–C) groups is 1. The largest absolute Gasteiger partial charge is 0.288 e. The van der Waals surface area contributed by atoms with Gasteiger partial charge in [-0.1, -0.05) is 6.07 Å². The van der Waals surface area contributed by atoms with Crippen LogP contribution in [0, 0.1) is 0 Å². The van der Waals surface area contributed by atoms with Gasteiger partial charge < -0.3 is 0 Å². The Balaban J connectivity index is 2.76. The first-order valence-electron chi connectivity index (χ1n) is 3.84. The van der Waals surface area contributed by atoms with Gasteiger partial charge in [0.05, 0.1) is 5.69 Å². The summed E-state index contributed by atoms with van der Waals surface area (Å²) in [5.74, 6) is 0. The number of hydrogen-bond acceptors (Lipinski definition) is 2. The Bertz CT molecular complexity index is 282. The first-order valence-corrected chi connectivity index (χ1v) is 4.63. The molecule has 0 fully saturated rings. The normalized spacial score (nSPS) is 11.3. The van der Waals surface area contributed by atoms with Gasteiger partial charge in [0.15, 0.2) is 0 Å². The fourth-order valence-corrected chi connectivity index (χ4v) is 1.08. The molecule has 0 bridgehead atoms. The van der Waals surface area contributed by atoms with Gasteiger partial charge in [-0.05, 0) is 41.9 Å². The van der Waals surface area contributed by atoms with Crippen molar-refractivity contribution in [1.82, 2.24) is 4.98 Å². The van der Waals surface area contributed by atoms with Crippen LogP contribution in [0.5, 0.6) is 0 Å². The minimum atomic E-state index is 0.325. The fraction of sp³-hybridized carbons (Fsp3) is 0.333. The molecule has 0 radical (unpaired) electrons. The van der Waals surface area contributed by atoms with E-state index in [0.29, 0.717) is 6.04 Å². The van der Waals surface area contributed by atoms with Crippen molar-refractivity contribution in [2.24, 2.45) is 4.99 Å². The zero-order chi connectivity index (χ0) is 8.97. The van der Waals surface area contributed by atoms with Crippen molar-refractivity contribution >= 4 is 22.1 Å². The van der Waals surface area contributed by atoms with Gasteiger partial charge in [-0.15, -0.1) is 0 Å². The summed E-state index contributed by atoms with van der Waals surface area (Å²) in [4.78, 5) is 8.44. The van der Waals surface area contributed by atoms with Gasteiger partial charge in [0, 0.05) is 12.3 Å². The first-order chi connectivity index (χ1) is 5.68. The van der Waals surface area contributed by atoms with E-state index in [2.05, 4.69) is 25.9 Å². The molecule has 0 N–H and O–H groups in total. The summed E-state index contributed by atoms with van der Waals surface area (Å²) in [5, 5.41) is 0. The lowest BCUT2D eigenvalue weighted by molar-refractivity contribution is 0.840. The summed E-state index contributed by atoms with van der Waals surface area (Å²) in [7, 11) is 0. The number of nitrogens with zero attached hydrogens (tertiary/aromatic N) is 2. The van der Waals surface area contributed by atoms with Gasteiger partial charge in [-0.3, -0.25) is 4.99 Å². The molecule has 0 atom stereocenters. The second-order valence-corrected chi connectivity index (χ2v) is 3.57. The van der Waals surface area contributed by atoms with Gasteiger partial charge in [0.1, 0.15) is 4.60 Å². The highest BCUT2D eigenvalue weighted by Crippen LogP contribution is 2.04. The van der Waals surface area contributed by atoms with Gasteiger partial charge >= 0.3 is 0 Å². The quantitative estimate of drug-likeness (QED) is 0.563. The lowest BCUT2D eigenvalue weighted by Crippen LogP contribution is -1.92. The van der Waals surface area contributed by atoms with E-state index in [0.717, 1.165) is 10.3 Å². The maximum Gasteiger partial charge on any atom is 0.106 e. The van der Waals surface area contributed by atoms with Crippen molar-refractivity contribution < 1.29 is 0 Å². The number of rotatable bonds is 2. The molecule has 1 rings (SSSR count). The monoisotopic (exact) mass is 226 g/mol. The topological polar surface area (TPSA) is 25.2 Å². The molecular weight excluding hydrogens is 216 g/mol. The Morgan fingerprint density at radius 2 is 2.25 bits per heavy atom. The van der Waals surface area contributed by atoms with E-state index in [4.69, 9.17) is 0 Å². The van der Waals surface area contributed by atoms with E-state index in [1.807, 2.05) is 32.0 Å². The van der Waals surface area contributed by atoms with Crippen LogP contribution in [0.2, 0.25) is 0 Å². The number of halogens is 1. The van der Waals surface area contributed by atoms with Crippen LogP contribution in [0.1, 0.15) is 19.5 Å². The van der Waals surface area contributed by atoms with E-state index in [9.17, 15) is 0 Å². The van der Waals surface area contributed by atoms with Crippen LogP contribution in [0.3, 0.4) is 0 Å². The minimum Gasteiger partial charge on any atom is -0.288 e. The third-order valence-electron chi connectivity index (χ3n) is 1.24. The standard InChI is InChI=1S/C9H11BrN2/c1-7(2)11-6-8-4-3-5-9(10)12-8/h3-7H,1-2H3/b11-6+. The Labute approximate surface area is 80.9 Å². The van der Waals surface area contributed by atoms with E-state index in [1.165, 1.54) is 0 Å². The molecule has 0 saturated carbocycles. The average molecular weight is 227 g/mol. The summed E-state index contributed by atoms with van der Waals surface area (Å²) in [6, 6.07) is 6.09. The lowest BCUT2D eigenvalue weighted by Gasteiger charge is -1.95. The molecule has 0 amide bonds. The maximum atomic E-state index is 4.23. The van der Waals surface area contributed by atoms with Crippen molar-refractivity contribution in [3.63, 3.8) is 0 Å². The number of pyridine rings is 1. The highest BCUT2D eigenvalue weighted by Gasteiger charge is 1.91. The molecule has 2 nitrogen and oxygen atoms in total. The molecule has 0 aliphatic heterocycles. The smallest absolute Gasteiger partial charge is 0.106 e. The molecular formula is C9H11BrN2. The molecule has 64 valence electrons. The summed E-state index contributed by atoms with van der Waals surface area (Å²) in [5.41, 5.74) is 0.887. The van der Waals surface area contributed by atoms with Crippen molar-refractivity contribution in [2.45, 2.75) is 19.9 Å².